The highest BCUT2D eigenvalue weighted by molar-refractivity contribution is 6.42. The summed E-state index contributed by atoms with van der Waals surface area (Å²) < 4.78 is 8.73. The van der Waals surface area contributed by atoms with Crippen molar-refractivity contribution < 1.29 is 4.74 Å². The number of rotatable bonds is 4. The Labute approximate surface area is 194 Å². The second-order valence-corrected chi connectivity index (χ2v) is 9.09. The van der Waals surface area contributed by atoms with Gasteiger partial charge in [0.05, 0.1) is 34.2 Å². The van der Waals surface area contributed by atoms with Crippen molar-refractivity contribution >= 4 is 39.9 Å². The molecule has 2 unspecified atom stereocenters. The number of hydrogen-bond acceptors (Lipinski definition) is 6. The molecule has 8 nitrogen and oxygen atoms in total. The number of ether oxygens (including phenoxy) is 1. The van der Waals surface area contributed by atoms with Gasteiger partial charge in [-0.05, 0) is 43.2 Å². The minimum atomic E-state index is -0.313. The van der Waals surface area contributed by atoms with Gasteiger partial charge in [0.1, 0.15) is 12.0 Å². The molecule has 0 spiro atoms. The minimum Gasteiger partial charge on any atom is -0.373 e. The molecule has 1 fully saturated rings. The van der Waals surface area contributed by atoms with Crippen molar-refractivity contribution in [3.8, 4) is 0 Å². The van der Waals surface area contributed by atoms with Crippen LogP contribution in [0.3, 0.4) is 0 Å². The zero-order valence-corrected chi connectivity index (χ0v) is 19.2. The maximum atomic E-state index is 13.1. The van der Waals surface area contributed by atoms with Crippen molar-refractivity contribution in [3.05, 3.63) is 68.4 Å². The van der Waals surface area contributed by atoms with Crippen LogP contribution in [0.5, 0.6) is 0 Å². The first-order chi connectivity index (χ1) is 15.4. The summed E-state index contributed by atoms with van der Waals surface area (Å²) in [6, 6.07) is 7.36. The molecule has 0 saturated carbocycles. The number of pyridine rings is 1. The fraction of sp³-hybridized carbons (Fsp3) is 0.364. The average Bonchev–Trinajstić information content (AvgIpc) is 3.23. The van der Waals surface area contributed by atoms with Crippen LogP contribution in [0.2, 0.25) is 10.0 Å². The highest BCUT2D eigenvalue weighted by Gasteiger charge is 2.23. The minimum absolute atomic E-state index is 0.187. The summed E-state index contributed by atoms with van der Waals surface area (Å²) >= 11 is 12.2. The van der Waals surface area contributed by atoms with Crippen molar-refractivity contribution in [2.45, 2.75) is 39.1 Å². The van der Waals surface area contributed by atoms with E-state index >= 15 is 0 Å². The van der Waals surface area contributed by atoms with E-state index in [1.807, 2.05) is 18.3 Å². The standard InChI is InChI=1S/C22H22Cl2N6O2/c1-13-8-28(9-14(2)32-13)10-16-5-17-20(25-7-16)29(22(31)30-21(17)26-12-27-30)11-15-3-4-18(23)19(24)6-15/h3-7,12-14H,8-11H2,1-2H3. The predicted octanol–water partition coefficient (Wildman–Crippen LogP) is 3.40. The Morgan fingerprint density at radius 1 is 1.00 bits per heavy atom. The van der Waals surface area contributed by atoms with Gasteiger partial charge in [-0.15, -0.1) is 0 Å². The zero-order valence-electron chi connectivity index (χ0n) is 17.7. The normalized spacial score (nSPS) is 19.8. The molecule has 0 amide bonds. The fourth-order valence-electron chi connectivity index (χ4n) is 4.37. The van der Waals surface area contributed by atoms with Crippen LogP contribution in [0.1, 0.15) is 25.0 Å². The highest BCUT2D eigenvalue weighted by Crippen LogP contribution is 2.24. The third kappa shape index (κ3) is 3.99. The average molecular weight is 473 g/mol. The van der Waals surface area contributed by atoms with Gasteiger partial charge in [-0.3, -0.25) is 9.47 Å². The summed E-state index contributed by atoms with van der Waals surface area (Å²) in [6.07, 6.45) is 3.58. The third-order valence-electron chi connectivity index (χ3n) is 5.61. The van der Waals surface area contributed by atoms with Crippen LogP contribution in [0.15, 0.2) is 41.6 Å². The largest absolute Gasteiger partial charge is 0.373 e. The number of halogens is 2. The molecule has 0 N–H and O–H groups in total. The van der Waals surface area contributed by atoms with Crippen LogP contribution in [0.4, 0.5) is 0 Å². The van der Waals surface area contributed by atoms with Gasteiger partial charge in [0, 0.05) is 25.8 Å². The zero-order chi connectivity index (χ0) is 22.4. The Hall–Kier alpha value is -2.52. The molecule has 1 saturated heterocycles. The molecular formula is C22H22Cl2N6O2. The second-order valence-electron chi connectivity index (χ2n) is 8.28. The number of morpholine rings is 1. The summed E-state index contributed by atoms with van der Waals surface area (Å²) in [5.41, 5.74) is 2.61. The molecule has 4 aromatic rings. The van der Waals surface area contributed by atoms with Gasteiger partial charge in [-0.1, -0.05) is 29.3 Å². The summed E-state index contributed by atoms with van der Waals surface area (Å²) in [6.45, 7) is 6.92. The van der Waals surface area contributed by atoms with E-state index in [0.717, 1.165) is 36.1 Å². The summed E-state index contributed by atoms with van der Waals surface area (Å²) in [4.78, 5) is 24.5. The van der Waals surface area contributed by atoms with Gasteiger partial charge in [0.2, 0.25) is 0 Å². The molecule has 2 atom stereocenters. The summed E-state index contributed by atoms with van der Waals surface area (Å²) in [5, 5.41) is 5.81. The Morgan fingerprint density at radius 2 is 1.78 bits per heavy atom. The van der Waals surface area contributed by atoms with E-state index in [0.29, 0.717) is 21.3 Å². The van der Waals surface area contributed by atoms with Crippen molar-refractivity contribution in [3.63, 3.8) is 0 Å². The van der Waals surface area contributed by atoms with E-state index in [-0.39, 0.29) is 24.4 Å². The predicted molar refractivity (Wildman–Crippen MR) is 123 cm³/mol. The second kappa shape index (κ2) is 8.44. The molecular weight excluding hydrogens is 451 g/mol. The van der Waals surface area contributed by atoms with Gasteiger partial charge >= 0.3 is 5.69 Å². The van der Waals surface area contributed by atoms with Crippen molar-refractivity contribution in [1.82, 2.24) is 29.0 Å². The summed E-state index contributed by atoms with van der Waals surface area (Å²) in [7, 11) is 0. The van der Waals surface area contributed by atoms with E-state index in [1.165, 1.54) is 10.8 Å². The number of nitrogens with zero attached hydrogens (tertiary/aromatic N) is 6. The molecule has 0 aliphatic carbocycles. The molecule has 3 aromatic heterocycles. The molecule has 1 aliphatic rings. The van der Waals surface area contributed by atoms with Crippen molar-refractivity contribution in [2.24, 2.45) is 0 Å². The number of benzene rings is 1. The molecule has 5 rings (SSSR count). The maximum Gasteiger partial charge on any atom is 0.352 e. The monoisotopic (exact) mass is 472 g/mol. The molecule has 32 heavy (non-hydrogen) atoms. The lowest BCUT2D eigenvalue weighted by Gasteiger charge is -2.35. The lowest BCUT2D eigenvalue weighted by Crippen LogP contribution is -2.44. The number of fused-ring (bicyclic) bond motifs is 3. The van der Waals surface area contributed by atoms with Gasteiger partial charge < -0.3 is 4.74 Å². The first-order valence-corrected chi connectivity index (χ1v) is 11.2. The molecule has 166 valence electrons. The Morgan fingerprint density at radius 3 is 2.53 bits per heavy atom. The topological polar surface area (TPSA) is 77.6 Å². The Bertz CT molecular complexity index is 1360. The Balaban J connectivity index is 1.57. The SMILES string of the molecule is CC1CN(Cc2cnc3c(c2)c2ncnn2c(=O)n3Cc2ccc(Cl)c(Cl)c2)CC(C)O1. The lowest BCUT2D eigenvalue weighted by molar-refractivity contribution is -0.0705. The lowest BCUT2D eigenvalue weighted by atomic mass is 10.1. The van der Waals surface area contributed by atoms with Crippen LogP contribution in [-0.4, -0.2) is 54.3 Å². The van der Waals surface area contributed by atoms with Crippen LogP contribution >= 0.6 is 23.2 Å². The maximum absolute atomic E-state index is 13.1. The molecule has 0 bridgehead atoms. The van der Waals surface area contributed by atoms with Crippen LogP contribution < -0.4 is 5.69 Å². The molecule has 0 radical (unpaired) electrons. The molecule has 10 heteroatoms. The highest BCUT2D eigenvalue weighted by atomic mass is 35.5. The van der Waals surface area contributed by atoms with Crippen molar-refractivity contribution in [2.75, 3.05) is 13.1 Å². The van der Waals surface area contributed by atoms with Gasteiger partial charge in [0.15, 0.2) is 5.65 Å². The smallest absolute Gasteiger partial charge is 0.352 e. The van der Waals surface area contributed by atoms with E-state index < -0.39 is 0 Å². The third-order valence-corrected chi connectivity index (χ3v) is 6.34. The molecule has 1 aliphatic heterocycles. The van der Waals surface area contributed by atoms with Crippen LogP contribution in [0.25, 0.3) is 16.7 Å². The molecule has 4 heterocycles. The quantitative estimate of drug-likeness (QED) is 0.452. The molecule has 1 aromatic carbocycles. The van der Waals surface area contributed by atoms with Crippen LogP contribution in [-0.2, 0) is 17.8 Å². The first-order valence-electron chi connectivity index (χ1n) is 10.4. The summed E-state index contributed by atoms with van der Waals surface area (Å²) in [5.74, 6) is 0. The number of hydrogen-bond donors (Lipinski definition) is 0. The van der Waals surface area contributed by atoms with Gasteiger partial charge in [-0.2, -0.15) is 9.61 Å². The van der Waals surface area contributed by atoms with E-state index in [2.05, 4.69) is 33.8 Å². The van der Waals surface area contributed by atoms with E-state index in [1.54, 1.807) is 16.7 Å². The Kier molecular flexibility index (Phi) is 5.63. The fourth-order valence-corrected chi connectivity index (χ4v) is 4.69. The van der Waals surface area contributed by atoms with Gasteiger partial charge in [0.25, 0.3) is 0 Å². The van der Waals surface area contributed by atoms with Gasteiger partial charge in [-0.25, -0.2) is 14.8 Å². The van der Waals surface area contributed by atoms with Crippen LogP contribution in [0, 0.1) is 0 Å². The van der Waals surface area contributed by atoms with E-state index in [4.69, 9.17) is 27.9 Å². The number of aromatic nitrogens is 5. The van der Waals surface area contributed by atoms with Crippen molar-refractivity contribution in [1.29, 1.82) is 0 Å². The van der Waals surface area contributed by atoms with E-state index in [9.17, 15) is 4.79 Å². The first kappa shape index (κ1) is 21.3.